The van der Waals surface area contributed by atoms with Crippen molar-refractivity contribution in [1.29, 1.82) is 0 Å². The van der Waals surface area contributed by atoms with E-state index in [9.17, 15) is 4.79 Å². The molecule has 0 saturated heterocycles. The average Bonchev–Trinajstić information content (AvgIpc) is 2.73. The molecule has 1 heterocycles. The number of esters is 1. The van der Waals surface area contributed by atoms with Crippen molar-refractivity contribution in [3.8, 4) is 16.9 Å². The number of methoxy groups -OCH3 is 1. The Morgan fingerprint density at radius 3 is 2.31 bits per heavy atom. The van der Waals surface area contributed by atoms with Crippen LogP contribution in [0, 0.1) is 0 Å². The van der Waals surface area contributed by atoms with Gasteiger partial charge >= 0.3 is 5.97 Å². The van der Waals surface area contributed by atoms with Gasteiger partial charge in [-0.2, -0.15) is 0 Å². The zero-order valence-corrected chi connectivity index (χ0v) is 14.4. The van der Waals surface area contributed by atoms with Gasteiger partial charge < -0.3 is 9.47 Å². The van der Waals surface area contributed by atoms with E-state index in [-0.39, 0.29) is 5.97 Å². The van der Waals surface area contributed by atoms with Gasteiger partial charge in [0.05, 0.1) is 12.7 Å². The van der Waals surface area contributed by atoms with Crippen molar-refractivity contribution in [2.75, 3.05) is 13.7 Å². The molecular weight excluding hydrogens is 324 g/mol. The summed E-state index contributed by atoms with van der Waals surface area (Å²) < 4.78 is 10.5. The third-order valence-corrected chi connectivity index (χ3v) is 4.52. The van der Waals surface area contributed by atoms with E-state index in [2.05, 4.69) is 36.4 Å². The topological polar surface area (TPSA) is 35.5 Å². The van der Waals surface area contributed by atoms with Gasteiger partial charge in [-0.1, -0.05) is 54.6 Å². The maximum atomic E-state index is 11.9. The number of carbonyl (C=O) groups excluding carboxylic acids is 1. The monoisotopic (exact) mass is 342 g/mol. The Hall–Kier alpha value is -3.33. The van der Waals surface area contributed by atoms with Crippen LogP contribution < -0.4 is 4.74 Å². The highest BCUT2D eigenvalue weighted by Gasteiger charge is 2.18. The maximum Gasteiger partial charge on any atom is 0.337 e. The molecule has 1 aliphatic rings. The second kappa shape index (κ2) is 6.89. The van der Waals surface area contributed by atoms with Crippen LogP contribution in [0.5, 0.6) is 5.75 Å². The molecule has 0 saturated carbocycles. The highest BCUT2D eigenvalue weighted by molar-refractivity contribution is 5.93. The molecule has 4 rings (SSSR count). The minimum absolute atomic E-state index is 0.350. The van der Waals surface area contributed by atoms with E-state index in [1.165, 1.54) is 18.2 Å². The number of hydrogen-bond acceptors (Lipinski definition) is 3. The lowest BCUT2D eigenvalue weighted by Crippen LogP contribution is -2.08. The average molecular weight is 342 g/mol. The fourth-order valence-electron chi connectivity index (χ4n) is 3.18. The normalized spacial score (nSPS) is 12.6. The van der Waals surface area contributed by atoms with Crippen LogP contribution in [0.4, 0.5) is 0 Å². The molecule has 3 nitrogen and oxygen atoms in total. The van der Waals surface area contributed by atoms with Crippen LogP contribution >= 0.6 is 0 Å². The van der Waals surface area contributed by atoms with Crippen LogP contribution in [0.3, 0.4) is 0 Å². The standard InChI is InChI=1S/C23H18O3/c1-25-23(24)19-11-12-22-21(15-19)20(13-14-26-22)18-9-7-17(8-10-18)16-5-3-2-4-6-16/h2-13,15H,14H2,1H3. The first-order valence-corrected chi connectivity index (χ1v) is 8.48. The van der Waals surface area contributed by atoms with Gasteiger partial charge in [0.2, 0.25) is 0 Å². The quantitative estimate of drug-likeness (QED) is 0.631. The fourth-order valence-corrected chi connectivity index (χ4v) is 3.18. The van der Waals surface area contributed by atoms with E-state index in [1.54, 1.807) is 6.07 Å². The first kappa shape index (κ1) is 16.2. The Bertz CT molecular complexity index is 970. The summed E-state index contributed by atoms with van der Waals surface area (Å²) in [5.74, 6) is 0.430. The first-order valence-electron chi connectivity index (χ1n) is 8.48. The van der Waals surface area contributed by atoms with Crippen LogP contribution in [0.25, 0.3) is 16.7 Å². The van der Waals surface area contributed by atoms with Gasteiger partial charge in [-0.3, -0.25) is 0 Å². The Labute approximate surface area is 152 Å². The first-order chi connectivity index (χ1) is 12.8. The molecule has 3 aromatic rings. The summed E-state index contributed by atoms with van der Waals surface area (Å²) in [6, 6.07) is 24.1. The SMILES string of the molecule is COC(=O)c1ccc2c(c1)C(c1ccc(-c3ccccc3)cc1)=CCO2. The van der Waals surface area contributed by atoms with Gasteiger partial charge in [0, 0.05) is 5.56 Å². The number of rotatable bonds is 3. The second-order valence-electron chi connectivity index (χ2n) is 6.07. The molecule has 128 valence electrons. The Morgan fingerprint density at radius 1 is 0.885 bits per heavy atom. The summed E-state index contributed by atoms with van der Waals surface area (Å²) in [6.45, 7) is 0.514. The molecule has 0 N–H and O–H groups in total. The molecule has 0 atom stereocenters. The van der Waals surface area contributed by atoms with Crippen molar-refractivity contribution in [3.63, 3.8) is 0 Å². The van der Waals surface area contributed by atoms with Crippen LogP contribution in [0.1, 0.15) is 21.5 Å². The summed E-state index contributed by atoms with van der Waals surface area (Å²) in [5.41, 5.74) is 5.95. The van der Waals surface area contributed by atoms with E-state index >= 15 is 0 Å². The molecule has 0 fully saturated rings. The second-order valence-corrected chi connectivity index (χ2v) is 6.07. The van der Waals surface area contributed by atoms with E-state index in [4.69, 9.17) is 9.47 Å². The van der Waals surface area contributed by atoms with Crippen LogP contribution in [-0.4, -0.2) is 19.7 Å². The highest BCUT2D eigenvalue weighted by atomic mass is 16.5. The number of hydrogen-bond donors (Lipinski definition) is 0. The molecule has 3 aromatic carbocycles. The minimum atomic E-state index is -0.350. The molecule has 0 radical (unpaired) electrons. The summed E-state index contributed by atoms with van der Waals surface area (Å²) in [4.78, 5) is 11.9. The lowest BCUT2D eigenvalue weighted by molar-refractivity contribution is 0.0600. The Kier molecular flexibility index (Phi) is 4.28. The smallest absolute Gasteiger partial charge is 0.337 e. The summed E-state index contributed by atoms with van der Waals surface area (Å²) in [6.07, 6.45) is 2.04. The summed E-state index contributed by atoms with van der Waals surface area (Å²) in [5, 5.41) is 0. The lowest BCUT2D eigenvalue weighted by Gasteiger charge is -2.20. The number of carbonyl (C=O) groups is 1. The van der Waals surface area contributed by atoms with Crippen molar-refractivity contribution in [3.05, 3.63) is 95.6 Å². The largest absolute Gasteiger partial charge is 0.489 e. The molecule has 0 amide bonds. The number of fused-ring (bicyclic) bond motifs is 1. The van der Waals surface area contributed by atoms with E-state index in [0.29, 0.717) is 12.2 Å². The molecular formula is C23H18O3. The van der Waals surface area contributed by atoms with Gasteiger partial charge in [0.1, 0.15) is 12.4 Å². The van der Waals surface area contributed by atoms with Crippen LogP contribution in [0.2, 0.25) is 0 Å². The molecule has 1 aliphatic heterocycles. The molecule has 0 bridgehead atoms. The number of benzene rings is 3. The van der Waals surface area contributed by atoms with Crippen LogP contribution in [-0.2, 0) is 4.74 Å². The lowest BCUT2D eigenvalue weighted by atomic mass is 9.92. The highest BCUT2D eigenvalue weighted by Crippen LogP contribution is 2.35. The third kappa shape index (κ3) is 3.00. The van der Waals surface area contributed by atoms with Crippen molar-refractivity contribution in [2.45, 2.75) is 0 Å². The number of ether oxygens (including phenoxy) is 2. The minimum Gasteiger partial charge on any atom is -0.489 e. The van der Waals surface area contributed by atoms with Gasteiger partial charge in [0.15, 0.2) is 0 Å². The zero-order valence-electron chi connectivity index (χ0n) is 14.4. The fraction of sp³-hybridized carbons (Fsp3) is 0.0870. The van der Waals surface area contributed by atoms with E-state index in [0.717, 1.165) is 22.4 Å². The van der Waals surface area contributed by atoms with E-state index in [1.807, 2.05) is 36.4 Å². The van der Waals surface area contributed by atoms with Gasteiger partial charge in [-0.25, -0.2) is 4.79 Å². The van der Waals surface area contributed by atoms with Crippen molar-refractivity contribution >= 4 is 11.5 Å². The Morgan fingerprint density at radius 2 is 1.58 bits per heavy atom. The van der Waals surface area contributed by atoms with E-state index < -0.39 is 0 Å². The summed E-state index contributed by atoms with van der Waals surface area (Å²) >= 11 is 0. The summed E-state index contributed by atoms with van der Waals surface area (Å²) in [7, 11) is 1.39. The molecule has 0 aliphatic carbocycles. The predicted molar refractivity (Wildman–Crippen MR) is 102 cm³/mol. The predicted octanol–water partition coefficient (Wildman–Crippen LogP) is 4.96. The molecule has 0 unspecified atom stereocenters. The molecule has 0 aromatic heterocycles. The molecule has 3 heteroatoms. The molecule has 0 spiro atoms. The van der Waals surface area contributed by atoms with Crippen LogP contribution in [0.15, 0.2) is 78.9 Å². The van der Waals surface area contributed by atoms with Gasteiger partial charge in [0.25, 0.3) is 0 Å². The van der Waals surface area contributed by atoms with Gasteiger partial charge in [-0.15, -0.1) is 0 Å². The zero-order chi connectivity index (χ0) is 17.9. The van der Waals surface area contributed by atoms with Crippen molar-refractivity contribution in [2.24, 2.45) is 0 Å². The van der Waals surface area contributed by atoms with Crippen molar-refractivity contribution in [1.82, 2.24) is 0 Å². The van der Waals surface area contributed by atoms with Gasteiger partial charge in [-0.05, 0) is 46.5 Å². The Balaban J connectivity index is 1.71. The third-order valence-electron chi connectivity index (χ3n) is 4.52. The maximum absolute atomic E-state index is 11.9. The molecule has 26 heavy (non-hydrogen) atoms. The van der Waals surface area contributed by atoms with Crippen molar-refractivity contribution < 1.29 is 14.3 Å².